The van der Waals surface area contributed by atoms with Crippen molar-refractivity contribution in [2.75, 3.05) is 0 Å². The fourth-order valence-electron chi connectivity index (χ4n) is 2.57. The minimum absolute atomic E-state index is 0.187. The van der Waals surface area contributed by atoms with Crippen LogP contribution in [0.1, 0.15) is 50.3 Å². The summed E-state index contributed by atoms with van der Waals surface area (Å²) >= 11 is 0. The van der Waals surface area contributed by atoms with Crippen LogP contribution in [0.5, 0.6) is 0 Å². The lowest BCUT2D eigenvalue weighted by Crippen LogP contribution is -2.32. The van der Waals surface area contributed by atoms with Crippen molar-refractivity contribution in [3.05, 3.63) is 34.9 Å². The second-order valence-electron chi connectivity index (χ2n) is 5.72. The van der Waals surface area contributed by atoms with Crippen LogP contribution >= 0.6 is 0 Å². The van der Waals surface area contributed by atoms with Gasteiger partial charge in [0.05, 0.1) is 5.60 Å². The second kappa shape index (κ2) is 4.58. The molecule has 0 radical (unpaired) electrons. The van der Waals surface area contributed by atoms with E-state index in [0.717, 1.165) is 0 Å². The smallest absolute Gasteiger partial charge is 0.0662 e. The molecule has 1 nitrogen and oxygen atoms in total. The number of hydrogen-bond acceptors (Lipinski definition) is 1. The Balaban J connectivity index is 3.17. The summed E-state index contributed by atoms with van der Waals surface area (Å²) in [5.41, 5.74) is 3.18. The Bertz CT molecular complexity index is 358. The van der Waals surface area contributed by atoms with Gasteiger partial charge in [-0.05, 0) is 50.3 Å². The zero-order valence-corrected chi connectivity index (χ0v) is 11.3. The van der Waals surface area contributed by atoms with Crippen LogP contribution in [0.15, 0.2) is 18.2 Å². The van der Waals surface area contributed by atoms with Crippen LogP contribution in [0, 0.1) is 19.8 Å². The molecule has 0 heterocycles. The van der Waals surface area contributed by atoms with E-state index < -0.39 is 5.60 Å². The molecule has 0 spiro atoms. The Labute approximate surface area is 99.5 Å². The molecule has 0 fully saturated rings. The van der Waals surface area contributed by atoms with Crippen molar-refractivity contribution in [2.24, 2.45) is 5.92 Å². The van der Waals surface area contributed by atoms with Crippen molar-refractivity contribution in [3.63, 3.8) is 0 Å². The highest BCUT2D eigenvalue weighted by molar-refractivity contribution is 5.33. The summed E-state index contributed by atoms with van der Waals surface area (Å²) in [7, 11) is 0. The zero-order chi connectivity index (χ0) is 12.5. The number of benzene rings is 1. The highest BCUT2D eigenvalue weighted by Crippen LogP contribution is 2.35. The van der Waals surface area contributed by atoms with Gasteiger partial charge in [-0.15, -0.1) is 0 Å². The molecule has 0 aliphatic carbocycles. The number of aliphatic hydroxyl groups is 1. The molecule has 0 aliphatic rings. The highest BCUT2D eigenvalue weighted by atomic mass is 16.3. The molecule has 16 heavy (non-hydrogen) atoms. The van der Waals surface area contributed by atoms with Crippen LogP contribution in [0.3, 0.4) is 0 Å². The molecule has 0 aromatic heterocycles. The predicted octanol–water partition coefficient (Wildman–Crippen LogP) is 3.81. The largest absolute Gasteiger partial charge is 0.390 e. The van der Waals surface area contributed by atoms with Crippen molar-refractivity contribution in [3.8, 4) is 0 Å². The van der Waals surface area contributed by atoms with Crippen LogP contribution < -0.4 is 0 Å². The molecule has 1 rings (SSSR count). The minimum atomic E-state index is -0.671. The van der Waals surface area contributed by atoms with Gasteiger partial charge < -0.3 is 5.11 Å². The summed E-state index contributed by atoms with van der Waals surface area (Å²) in [5, 5.41) is 10.3. The molecule has 0 bridgehead atoms. The van der Waals surface area contributed by atoms with E-state index in [1.807, 2.05) is 13.8 Å². The Morgan fingerprint density at radius 3 is 2.00 bits per heavy atom. The Hall–Kier alpha value is -0.820. The molecule has 0 aliphatic heterocycles. The maximum absolute atomic E-state index is 10.3. The minimum Gasteiger partial charge on any atom is -0.390 e. The second-order valence-corrected chi connectivity index (χ2v) is 5.72. The number of hydrogen-bond donors (Lipinski definition) is 1. The fourth-order valence-corrected chi connectivity index (χ4v) is 2.57. The lowest BCUT2D eigenvalue weighted by atomic mass is 9.76. The molecule has 1 heteroatoms. The summed E-state index contributed by atoms with van der Waals surface area (Å²) in [5.74, 6) is 0.619. The van der Waals surface area contributed by atoms with Crippen LogP contribution in [-0.2, 0) is 0 Å². The standard InChI is InChI=1S/C15H24O/c1-10(2)14(15(5,6)16)13-8-7-11(3)12(4)9-13/h7-10,14,16H,1-6H3/t14-/m1/s1. The summed E-state index contributed by atoms with van der Waals surface area (Å²) in [6.45, 7) is 12.4. The van der Waals surface area contributed by atoms with Crippen LogP contribution in [0.2, 0.25) is 0 Å². The summed E-state index contributed by atoms with van der Waals surface area (Å²) in [4.78, 5) is 0. The van der Waals surface area contributed by atoms with Gasteiger partial charge in [0.15, 0.2) is 0 Å². The quantitative estimate of drug-likeness (QED) is 0.821. The average molecular weight is 220 g/mol. The Morgan fingerprint density at radius 1 is 1.06 bits per heavy atom. The first kappa shape index (κ1) is 13.2. The first-order chi connectivity index (χ1) is 7.23. The molecule has 0 unspecified atom stereocenters. The lowest BCUT2D eigenvalue weighted by Gasteiger charge is -2.33. The van der Waals surface area contributed by atoms with Gasteiger partial charge in [-0.25, -0.2) is 0 Å². The predicted molar refractivity (Wildman–Crippen MR) is 69.8 cm³/mol. The van der Waals surface area contributed by atoms with Crippen molar-refractivity contribution >= 4 is 0 Å². The number of aryl methyl sites for hydroxylation is 2. The van der Waals surface area contributed by atoms with E-state index in [4.69, 9.17) is 0 Å². The molecular formula is C15H24O. The van der Waals surface area contributed by atoms with Gasteiger partial charge in [-0.2, -0.15) is 0 Å². The summed E-state index contributed by atoms with van der Waals surface area (Å²) < 4.78 is 0. The summed E-state index contributed by atoms with van der Waals surface area (Å²) in [6.07, 6.45) is 0. The van der Waals surface area contributed by atoms with Crippen LogP contribution in [0.4, 0.5) is 0 Å². The number of rotatable bonds is 3. The maximum Gasteiger partial charge on any atom is 0.0662 e. The maximum atomic E-state index is 10.3. The van der Waals surface area contributed by atoms with Gasteiger partial charge in [0.2, 0.25) is 0 Å². The summed E-state index contributed by atoms with van der Waals surface area (Å²) in [6, 6.07) is 6.49. The van der Waals surface area contributed by atoms with E-state index in [9.17, 15) is 5.11 Å². The molecule has 90 valence electrons. The molecule has 1 atom stereocenters. The van der Waals surface area contributed by atoms with Gasteiger partial charge in [0, 0.05) is 5.92 Å². The zero-order valence-electron chi connectivity index (χ0n) is 11.3. The van der Waals surface area contributed by atoms with Crippen molar-refractivity contribution in [1.82, 2.24) is 0 Å². The van der Waals surface area contributed by atoms with Gasteiger partial charge in [-0.3, -0.25) is 0 Å². The molecular weight excluding hydrogens is 196 g/mol. The van der Waals surface area contributed by atoms with E-state index in [2.05, 4.69) is 45.9 Å². The molecule has 1 aromatic rings. The van der Waals surface area contributed by atoms with E-state index >= 15 is 0 Å². The van der Waals surface area contributed by atoms with E-state index in [1.54, 1.807) is 0 Å². The Kier molecular flexibility index (Phi) is 3.80. The van der Waals surface area contributed by atoms with Gasteiger partial charge in [0.1, 0.15) is 0 Å². The first-order valence-corrected chi connectivity index (χ1v) is 6.03. The molecule has 1 N–H and O–H groups in total. The third-order valence-corrected chi connectivity index (χ3v) is 3.32. The van der Waals surface area contributed by atoms with Crippen LogP contribution in [-0.4, -0.2) is 10.7 Å². The van der Waals surface area contributed by atoms with E-state index in [1.165, 1.54) is 16.7 Å². The molecule has 0 saturated heterocycles. The SMILES string of the molecule is Cc1ccc([C@@H](C(C)C)C(C)(C)O)cc1C. The van der Waals surface area contributed by atoms with E-state index in [0.29, 0.717) is 5.92 Å². The van der Waals surface area contributed by atoms with Gasteiger partial charge in [0.25, 0.3) is 0 Å². The Morgan fingerprint density at radius 2 is 1.62 bits per heavy atom. The third kappa shape index (κ3) is 2.85. The monoisotopic (exact) mass is 220 g/mol. The van der Waals surface area contributed by atoms with Crippen LogP contribution in [0.25, 0.3) is 0 Å². The van der Waals surface area contributed by atoms with Crippen molar-refractivity contribution in [1.29, 1.82) is 0 Å². The average Bonchev–Trinajstić information content (AvgIpc) is 2.08. The van der Waals surface area contributed by atoms with Crippen molar-refractivity contribution in [2.45, 2.75) is 53.1 Å². The molecule has 1 aromatic carbocycles. The molecule has 0 amide bonds. The topological polar surface area (TPSA) is 20.2 Å². The van der Waals surface area contributed by atoms with Gasteiger partial charge >= 0.3 is 0 Å². The third-order valence-electron chi connectivity index (χ3n) is 3.32. The normalized spacial score (nSPS) is 14.2. The lowest BCUT2D eigenvalue weighted by molar-refractivity contribution is 0.0332. The van der Waals surface area contributed by atoms with Gasteiger partial charge in [-0.1, -0.05) is 32.0 Å². The fraction of sp³-hybridized carbons (Fsp3) is 0.600. The first-order valence-electron chi connectivity index (χ1n) is 6.03. The molecule has 0 saturated carbocycles. The van der Waals surface area contributed by atoms with Crippen molar-refractivity contribution < 1.29 is 5.11 Å². The van der Waals surface area contributed by atoms with E-state index in [-0.39, 0.29) is 5.92 Å². The highest BCUT2D eigenvalue weighted by Gasteiger charge is 2.30.